The number of rotatable bonds is 2. The number of benzene rings is 1. The van der Waals surface area contributed by atoms with Crippen LogP contribution in [-0.2, 0) is 0 Å². The van der Waals surface area contributed by atoms with Gasteiger partial charge >= 0.3 is 0 Å². The largest absolute Gasteiger partial charge is 0.397 e. The van der Waals surface area contributed by atoms with Crippen LogP contribution in [0.2, 0.25) is 0 Å². The summed E-state index contributed by atoms with van der Waals surface area (Å²) in [5.74, 6) is 1.79. The molecule has 5 nitrogen and oxygen atoms in total. The number of pyridine rings is 1. The topological polar surface area (TPSA) is 70.8 Å². The summed E-state index contributed by atoms with van der Waals surface area (Å²) in [6.45, 7) is 3.86. The summed E-state index contributed by atoms with van der Waals surface area (Å²) in [7, 11) is 1.99. The second-order valence-corrected chi connectivity index (χ2v) is 4.93. The van der Waals surface area contributed by atoms with Crippen LogP contribution in [0.15, 0.2) is 30.3 Å². The average molecular weight is 267 g/mol. The number of aromatic nitrogens is 3. The number of hydrogen-bond acceptors (Lipinski definition) is 4. The average Bonchev–Trinajstić information content (AvgIpc) is 2.80. The van der Waals surface area contributed by atoms with Gasteiger partial charge < -0.3 is 15.6 Å². The fraction of sp³-hybridized carbons (Fsp3) is 0.200. The molecular weight excluding hydrogens is 250 g/mol. The maximum absolute atomic E-state index is 5.81. The molecule has 2 aromatic heterocycles. The van der Waals surface area contributed by atoms with Crippen LogP contribution >= 0.6 is 0 Å². The zero-order valence-corrected chi connectivity index (χ0v) is 11.8. The Hall–Kier alpha value is -2.56. The first-order valence-corrected chi connectivity index (χ1v) is 6.48. The van der Waals surface area contributed by atoms with Gasteiger partial charge in [-0.15, -0.1) is 0 Å². The molecule has 0 radical (unpaired) electrons. The van der Waals surface area contributed by atoms with Crippen molar-refractivity contribution in [1.29, 1.82) is 0 Å². The lowest BCUT2D eigenvalue weighted by atomic mass is 10.2. The Morgan fingerprint density at radius 2 is 1.90 bits per heavy atom. The van der Waals surface area contributed by atoms with E-state index in [1.54, 1.807) is 0 Å². The minimum absolute atomic E-state index is 0.710. The number of anilines is 3. The molecule has 0 saturated heterocycles. The van der Waals surface area contributed by atoms with Gasteiger partial charge in [-0.1, -0.05) is 0 Å². The highest BCUT2D eigenvalue weighted by Crippen LogP contribution is 2.26. The predicted molar refractivity (Wildman–Crippen MR) is 82.3 cm³/mol. The molecule has 0 bridgehead atoms. The van der Waals surface area contributed by atoms with E-state index in [1.807, 2.05) is 50.1 Å². The van der Waals surface area contributed by atoms with Gasteiger partial charge in [0.05, 0.1) is 22.4 Å². The number of nitrogen functional groups attached to an aromatic ring is 1. The van der Waals surface area contributed by atoms with Crippen molar-refractivity contribution in [2.75, 3.05) is 17.7 Å². The molecule has 0 atom stereocenters. The Morgan fingerprint density at radius 3 is 2.65 bits per heavy atom. The summed E-state index contributed by atoms with van der Waals surface area (Å²) in [5, 5.41) is 0. The van der Waals surface area contributed by atoms with Gasteiger partial charge in [0.2, 0.25) is 0 Å². The molecule has 102 valence electrons. The van der Waals surface area contributed by atoms with Crippen LogP contribution in [0.5, 0.6) is 0 Å². The number of aromatic amines is 1. The number of nitrogens with zero attached hydrogens (tertiary/aromatic N) is 3. The lowest BCUT2D eigenvalue weighted by Gasteiger charge is -2.19. The van der Waals surface area contributed by atoms with Crippen molar-refractivity contribution in [3.8, 4) is 0 Å². The summed E-state index contributed by atoms with van der Waals surface area (Å²) >= 11 is 0. The van der Waals surface area contributed by atoms with Crippen LogP contribution in [0.4, 0.5) is 17.2 Å². The predicted octanol–water partition coefficient (Wildman–Crippen LogP) is 2.92. The monoisotopic (exact) mass is 267 g/mol. The fourth-order valence-corrected chi connectivity index (χ4v) is 2.21. The Morgan fingerprint density at radius 1 is 1.10 bits per heavy atom. The molecule has 0 aliphatic carbocycles. The van der Waals surface area contributed by atoms with Crippen molar-refractivity contribution in [3.63, 3.8) is 0 Å². The van der Waals surface area contributed by atoms with E-state index < -0.39 is 0 Å². The van der Waals surface area contributed by atoms with Crippen LogP contribution in [-0.4, -0.2) is 22.0 Å². The normalized spacial score (nSPS) is 10.9. The minimum atomic E-state index is 0.710. The first-order valence-electron chi connectivity index (χ1n) is 6.48. The van der Waals surface area contributed by atoms with E-state index in [9.17, 15) is 0 Å². The van der Waals surface area contributed by atoms with Crippen LogP contribution in [0.1, 0.15) is 11.5 Å². The Labute approximate surface area is 117 Å². The second-order valence-electron chi connectivity index (χ2n) is 4.93. The highest BCUT2D eigenvalue weighted by molar-refractivity contribution is 5.81. The number of hydrogen-bond donors (Lipinski definition) is 2. The molecule has 3 N–H and O–H groups in total. The highest BCUT2D eigenvalue weighted by atomic mass is 15.2. The second kappa shape index (κ2) is 4.52. The molecule has 0 unspecified atom stereocenters. The molecule has 0 amide bonds. The minimum Gasteiger partial charge on any atom is -0.397 e. The zero-order chi connectivity index (χ0) is 14.3. The Kier molecular flexibility index (Phi) is 2.82. The molecule has 3 rings (SSSR count). The molecule has 0 aliphatic rings. The van der Waals surface area contributed by atoms with E-state index in [0.29, 0.717) is 5.69 Å². The van der Waals surface area contributed by atoms with Crippen molar-refractivity contribution >= 4 is 28.2 Å². The first kappa shape index (κ1) is 12.5. The maximum atomic E-state index is 5.81. The van der Waals surface area contributed by atoms with Gasteiger partial charge in [0.25, 0.3) is 0 Å². The van der Waals surface area contributed by atoms with E-state index in [4.69, 9.17) is 5.73 Å². The summed E-state index contributed by atoms with van der Waals surface area (Å²) in [6.07, 6.45) is 0. The number of aryl methyl sites for hydroxylation is 2. The smallest absolute Gasteiger partial charge is 0.133 e. The van der Waals surface area contributed by atoms with E-state index >= 15 is 0 Å². The van der Waals surface area contributed by atoms with Crippen molar-refractivity contribution in [2.24, 2.45) is 0 Å². The van der Waals surface area contributed by atoms with Crippen LogP contribution < -0.4 is 10.6 Å². The Bertz CT molecular complexity index is 775. The van der Waals surface area contributed by atoms with Crippen LogP contribution in [0, 0.1) is 13.8 Å². The lowest BCUT2D eigenvalue weighted by molar-refractivity contribution is 1.10. The SMILES string of the molecule is Cc1nc2ccc(N(C)c3ccc(N)c(C)n3)cc2[nH]1. The quantitative estimate of drug-likeness (QED) is 0.749. The van der Waals surface area contributed by atoms with Crippen molar-refractivity contribution in [2.45, 2.75) is 13.8 Å². The lowest BCUT2D eigenvalue weighted by Crippen LogP contribution is -2.12. The fourth-order valence-electron chi connectivity index (χ4n) is 2.21. The third-order valence-corrected chi connectivity index (χ3v) is 3.43. The highest BCUT2D eigenvalue weighted by Gasteiger charge is 2.08. The number of H-pyrrole nitrogens is 1. The molecular formula is C15H17N5. The molecule has 0 aliphatic heterocycles. The molecule has 20 heavy (non-hydrogen) atoms. The number of nitrogens with two attached hydrogens (primary N) is 1. The van der Waals surface area contributed by atoms with Gasteiger partial charge in [-0.2, -0.15) is 0 Å². The van der Waals surface area contributed by atoms with Gasteiger partial charge in [-0.3, -0.25) is 0 Å². The van der Waals surface area contributed by atoms with E-state index in [1.165, 1.54) is 0 Å². The summed E-state index contributed by atoms with van der Waals surface area (Å²) < 4.78 is 0. The van der Waals surface area contributed by atoms with E-state index in [-0.39, 0.29) is 0 Å². The van der Waals surface area contributed by atoms with Crippen LogP contribution in [0.3, 0.4) is 0 Å². The maximum Gasteiger partial charge on any atom is 0.133 e. The molecule has 0 saturated carbocycles. The summed E-state index contributed by atoms with van der Waals surface area (Å²) in [5.41, 5.74) is 10.4. The molecule has 5 heteroatoms. The number of imidazole rings is 1. The first-order chi connectivity index (χ1) is 9.54. The van der Waals surface area contributed by atoms with E-state index in [2.05, 4.69) is 21.0 Å². The number of nitrogens with one attached hydrogen (secondary N) is 1. The van der Waals surface area contributed by atoms with Gasteiger partial charge in [0.15, 0.2) is 0 Å². The molecule has 0 spiro atoms. The third-order valence-electron chi connectivity index (χ3n) is 3.43. The van der Waals surface area contributed by atoms with Gasteiger partial charge in [0.1, 0.15) is 11.6 Å². The molecule has 0 fully saturated rings. The van der Waals surface area contributed by atoms with Crippen molar-refractivity contribution in [1.82, 2.24) is 15.0 Å². The van der Waals surface area contributed by atoms with Gasteiger partial charge in [-0.05, 0) is 44.2 Å². The summed E-state index contributed by atoms with van der Waals surface area (Å²) in [4.78, 5) is 14.2. The molecule has 2 heterocycles. The van der Waals surface area contributed by atoms with Gasteiger partial charge in [-0.25, -0.2) is 9.97 Å². The summed E-state index contributed by atoms with van der Waals surface area (Å²) in [6, 6.07) is 9.92. The van der Waals surface area contributed by atoms with E-state index in [0.717, 1.165) is 34.1 Å². The third kappa shape index (κ3) is 2.07. The zero-order valence-electron chi connectivity index (χ0n) is 11.8. The van der Waals surface area contributed by atoms with Crippen molar-refractivity contribution < 1.29 is 0 Å². The molecule has 3 aromatic rings. The van der Waals surface area contributed by atoms with Crippen molar-refractivity contribution in [3.05, 3.63) is 41.9 Å². The number of fused-ring (bicyclic) bond motifs is 1. The van der Waals surface area contributed by atoms with Gasteiger partial charge in [0, 0.05) is 12.7 Å². The standard InChI is InChI=1S/C15H17N5/c1-9-12(16)5-7-15(17-9)20(3)11-4-6-13-14(8-11)19-10(2)18-13/h4-8H,16H2,1-3H3,(H,18,19). The Balaban J connectivity index is 2.02. The van der Waals surface area contributed by atoms with Crippen LogP contribution in [0.25, 0.3) is 11.0 Å². The molecule has 1 aromatic carbocycles.